The first-order valence-electron chi connectivity index (χ1n) is 12.0. The second-order valence-electron chi connectivity index (χ2n) is 8.44. The molecule has 0 spiro atoms. The third-order valence-corrected chi connectivity index (χ3v) is 5.88. The fraction of sp³-hybridized carbons (Fsp3) is 0.161. The van der Waals surface area contributed by atoms with E-state index in [4.69, 9.17) is 14.3 Å². The molecule has 4 aromatic rings. The molecule has 188 valence electrons. The Kier molecular flexibility index (Phi) is 8.92. The Morgan fingerprint density at radius 2 is 1.32 bits per heavy atom. The van der Waals surface area contributed by atoms with E-state index < -0.39 is 5.97 Å². The first kappa shape index (κ1) is 25.5. The largest absolute Gasteiger partial charge is 0.489 e. The number of ether oxygens (including phenoxy) is 2. The Labute approximate surface area is 216 Å². The molecule has 0 aliphatic heterocycles. The maximum Gasteiger partial charge on any atom is 0.304 e. The first-order chi connectivity index (χ1) is 18.1. The van der Waals surface area contributed by atoms with Gasteiger partial charge in [-0.2, -0.15) is 0 Å². The average Bonchev–Trinajstić information content (AvgIpc) is 2.94. The highest BCUT2D eigenvalue weighted by Crippen LogP contribution is 2.29. The van der Waals surface area contributed by atoms with Crippen LogP contribution in [0.3, 0.4) is 0 Å². The predicted octanol–water partition coefficient (Wildman–Crippen LogP) is 6.30. The highest BCUT2D eigenvalue weighted by Gasteiger charge is 2.17. The molecule has 0 saturated carbocycles. The molecule has 0 aromatic heterocycles. The van der Waals surface area contributed by atoms with Gasteiger partial charge in [0, 0.05) is 11.5 Å². The minimum Gasteiger partial charge on any atom is -0.489 e. The first-order valence-corrected chi connectivity index (χ1v) is 12.0. The van der Waals surface area contributed by atoms with Crippen LogP contribution in [0.1, 0.15) is 34.6 Å². The van der Waals surface area contributed by atoms with E-state index in [-0.39, 0.29) is 18.9 Å². The van der Waals surface area contributed by atoms with Gasteiger partial charge in [0.2, 0.25) is 0 Å². The molecule has 1 atom stereocenters. The van der Waals surface area contributed by atoms with Gasteiger partial charge >= 0.3 is 5.97 Å². The molecule has 0 radical (unpaired) electrons. The van der Waals surface area contributed by atoms with Gasteiger partial charge < -0.3 is 19.4 Å². The Balaban J connectivity index is 1.33. The number of aliphatic carboxylic acids is 1. The summed E-state index contributed by atoms with van der Waals surface area (Å²) in [5.41, 5.74) is 4.56. The van der Waals surface area contributed by atoms with Crippen molar-refractivity contribution in [1.29, 1.82) is 0 Å². The van der Waals surface area contributed by atoms with Crippen LogP contribution in [0.15, 0.2) is 114 Å². The number of carboxylic acid groups (broad SMARTS) is 1. The number of carboxylic acids is 1. The van der Waals surface area contributed by atoms with E-state index >= 15 is 0 Å². The lowest BCUT2D eigenvalue weighted by Gasteiger charge is -2.16. The van der Waals surface area contributed by atoms with Crippen LogP contribution >= 0.6 is 0 Å². The molecule has 4 aromatic carbocycles. The number of oxime groups is 1. The summed E-state index contributed by atoms with van der Waals surface area (Å²) >= 11 is 0. The monoisotopic (exact) mass is 495 g/mol. The van der Waals surface area contributed by atoms with E-state index in [1.54, 1.807) is 0 Å². The number of benzene rings is 4. The highest BCUT2D eigenvalue weighted by molar-refractivity contribution is 6.01. The molecule has 6 heteroatoms. The minimum atomic E-state index is -0.830. The van der Waals surface area contributed by atoms with Crippen LogP contribution in [0, 0.1) is 0 Å². The maximum absolute atomic E-state index is 11.4. The van der Waals surface area contributed by atoms with E-state index in [1.165, 1.54) is 7.11 Å². The zero-order chi connectivity index (χ0) is 25.9. The van der Waals surface area contributed by atoms with E-state index in [9.17, 15) is 9.90 Å². The summed E-state index contributed by atoms with van der Waals surface area (Å²) in [6.07, 6.45) is 0.0306. The van der Waals surface area contributed by atoms with E-state index in [0.29, 0.717) is 12.3 Å². The summed E-state index contributed by atoms with van der Waals surface area (Å²) in [5, 5.41) is 13.5. The topological polar surface area (TPSA) is 77.3 Å². The second-order valence-corrected chi connectivity index (χ2v) is 8.44. The van der Waals surface area contributed by atoms with Crippen LogP contribution in [-0.4, -0.2) is 30.5 Å². The van der Waals surface area contributed by atoms with Gasteiger partial charge in [-0.05, 0) is 41.0 Å². The van der Waals surface area contributed by atoms with Crippen molar-refractivity contribution in [3.63, 3.8) is 0 Å². The Morgan fingerprint density at radius 1 is 0.757 bits per heavy atom. The van der Waals surface area contributed by atoms with Crippen molar-refractivity contribution in [2.75, 3.05) is 13.7 Å². The maximum atomic E-state index is 11.4. The second kappa shape index (κ2) is 12.9. The lowest BCUT2D eigenvalue weighted by atomic mass is 9.88. The molecule has 37 heavy (non-hydrogen) atoms. The van der Waals surface area contributed by atoms with Gasteiger partial charge in [0.15, 0.2) is 0 Å². The summed E-state index contributed by atoms with van der Waals surface area (Å²) in [6, 6.07) is 34.8. The third-order valence-electron chi connectivity index (χ3n) is 5.88. The zero-order valence-corrected chi connectivity index (χ0v) is 20.6. The van der Waals surface area contributed by atoms with Gasteiger partial charge in [-0.15, -0.1) is 0 Å². The van der Waals surface area contributed by atoms with E-state index in [1.807, 2.05) is 109 Å². The van der Waals surface area contributed by atoms with Crippen molar-refractivity contribution >= 4 is 11.7 Å². The summed E-state index contributed by atoms with van der Waals surface area (Å²) < 4.78 is 11.8. The third kappa shape index (κ3) is 7.45. The Morgan fingerprint density at radius 3 is 1.95 bits per heavy atom. The molecule has 1 N–H and O–H groups in total. The fourth-order valence-electron chi connectivity index (χ4n) is 3.99. The quantitative estimate of drug-likeness (QED) is 0.184. The van der Waals surface area contributed by atoms with Crippen molar-refractivity contribution in [3.8, 4) is 11.5 Å². The summed E-state index contributed by atoms with van der Waals surface area (Å²) in [4.78, 5) is 16.4. The molecule has 4 rings (SSSR count). The van der Waals surface area contributed by atoms with Crippen molar-refractivity contribution in [2.45, 2.75) is 18.9 Å². The molecule has 0 bridgehead atoms. The van der Waals surface area contributed by atoms with Crippen LogP contribution in [0.2, 0.25) is 0 Å². The van der Waals surface area contributed by atoms with Crippen LogP contribution in [-0.2, 0) is 16.2 Å². The number of hydrogen-bond donors (Lipinski definition) is 1. The Hall–Kier alpha value is -4.58. The molecule has 0 aliphatic carbocycles. The molecule has 6 nitrogen and oxygen atoms in total. The number of nitrogens with zero attached hydrogens (tertiary/aromatic N) is 1. The van der Waals surface area contributed by atoms with Gasteiger partial charge in [0.1, 0.15) is 37.5 Å². The van der Waals surface area contributed by atoms with Crippen molar-refractivity contribution in [2.24, 2.45) is 5.16 Å². The summed E-state index contributed by atoms with van der Waals surface area (Å²) in [6.45, 7) is 0.684. The number of hydrogen-bond acceptors (Lipinski definition) is 5. The van der Waals surface area contributed by atoms with Crippen LogP contribution in [0.5, 0.6) is 11.5 Å². The molecule has 1 unspecified atom stereocenters. The normalized spacial score (nSPS) is 12.0. The molecule has 0 amide bonds. The van der Waals surface area contributed by atoms with Crippen LogP contribution in [0.25, 0.3) is 0 Å². The summed E-state index contributed by atoms with van der Waals surface area (Å²) in [7, 11) is 1.52. The molecule has 0 heterocycles. The fourth-order valence-corrected chi connectivity index (χ4v) is 3.99. The standard InChI is InChI=1S/C31H29NO5/c1-35-32-30(26-10-6-3-7-11-26)22-37-27-16-12-23(13-17-27)21-36-28-18-14-25(15-19-28)29(20-31(33)34)24-8-4-2-5-9-24/h2-19,29H,20-22H2,1H3,(H,33,34). The van der Waals surface area contributed by atoms with Crippen molar-refractivity contribution < 1.29 is 24.2 Å². The van der Waals surface area contributed by atoms with E-state index in [2.05, 4.69) is 5.16 Å². The van der Waals surface area contributed by atoms with Crippen LogP contribution < -0.4 is 9.47 Å². The molecular formula is C31H29NO5. The van der Waals surface area contributed by atoms with Crippen molar-refractivity contribution in [3.05, 3.63) is 131 Å². The lowest BCUT2D eigenvalue weighted by molar-refractivity contribution is -0.137. The molecular weight excluding hydrogens is 466 g/mol. The van der Waals surface area contributed by atoms with Gasteiger partial charge in [0.25, 0.3) is 0 Å². The van der Waals surface area contributed by atoms with E-state index in [0.717, 1.165) is 33.8 Å². The minimum absolute atomic E-state index is 0.0306. The van der Waals surface area contributed by atoms with Crippen molar-refractivity contribution in [1.82, 2.24) is 0 Å². The predicted molar refractivity (Wildman–Crippen MR) is 143 cm³/mol. The average molecular weight is 496 g/mol. The lowest BCUT2D eigenvalue weighted by Crippen LogP contribution is -2.13. The SMILES string of the molecule is CON=C(COc1ccc(COc2ccc(C(CC(=O)O)c3ccccc3)cc2)cc1)c1ccccc1. The van der Waals surface area contributed by atoms with Crippen LogP contribution in [0.4, 0.5) is 0 Å². The number of rotatable bonds is 12. The van der Waals surface area contributed by atoms with Gasteiger partial charge in [0.05, 0.1) is 6.42 Å². The van der Waals surface area contributed by atoms with Gasteiger partial charge in [-0.1, -0.05) is 90.1 Å². The number of carbonyl (C=O) groups is 1. The highest BCUT2D eigenvalue weighted by atomic mass is 16.6. The molecule has 0 fully saturated rings. The summed E-state index contributed by atoms with van der Waals surface area (Å²) in [5.74, 6) is 0.397. The molecule has 0 aliphatic rings. The van der Waals surface area contributed by atoms with Gasteiger partial charge in [-0.25, -0.2) is 0 Å². The molecule has 0 saturated heterocycles. The smallest absolute Gasteiger partial charge is 0.304 e. The van der Waals surface area contributed by atoms with Gasteiger partial charge in [-0.3, -0.25) is 4.79 Å². The Bertz CT molecular complexity index is 1290. The zero-order valence-electron chi connectivity index (χ0n) is 20.6.